The van der Waals surface area contributed by atoms with E-state index in [2.05, 4.69) is 44.2 Å². The monoisotopic (exact) mass is 500 g/mol. The van der Waals surface area contributed by atoms with Crippen molar-refractivity contribution in [3.8, 4) is 0 Å². The number of nitrogens with one attached hydrogen (secondary N) is 2. The molecule has 5 rings (SSSR count). The summed E-state index contributed by atoms with van der Waals surface area (Å²) in [5.41, 5.74) is 1.95. The van der Waals surface area contributed by atoms with E-state index >= 15 is 0 Å². The van der Waals surface area contributed by atoms with Crippen LogP contribution in [0.25, 0.3) is 0 Å². The highest BCUT2D eigenvalue weighted by molar-refractivity contribution is 7.56. The molecule has 4 aromatic rings. The summed E-state index contributed by atoms with van der Waals surface area (Å²) < 4.78 is 11.4. The molecule has 0 radical (unpaired) electrons. The molecule has 1 aliphatic heterocycles. The summed E-state index contributed by atoms with van der Waals surface area (Å²) in [6, 6.07) is 29.9. The first-order valence-corrected chi connectivity index (χ1v) is 13.1. The second kappa shape index (κ2) is 10.1. The molecule has 184 valence electrons. The molecule has 0 atom stereocenters. The van der Waals surface area contributed by atoms with Crippen LogP contribution in [-0.4, -0.2) is 25.2 Å². The van der Waals surface area contributed by atoms with Gasteiger partial charge in [-0.05, 0) is 50.2 Å². The molecule has 1 saturated heterocycles. The van der Waals surface area contributed by atoms with Crippen molar-refractivity contribution in [1.29, 1.82) is 0 Å². The van der Waals surface area contributed by atoms with Crippen molar-refractivity contribution in [2.24, 2.45) is 0 Å². The lowest BCUT2D eigenvalue weighted by Crippen LogP contribution is -2.41. The lowest BCUT2D eigenvalue weighted by atomic mass is 10.1. The van der Waals surface area contributed by atoms with Crippen molar-refractivity contribution in [2.75, 3.05) is 39.6 Å². The molecule has 0 amide bonds. The van der Waals surface area contributed by atoms with E-state index in [1.165, 1.54) is 0 Å². The fraction of sp³-hybridized carbons (Fsp3) is 0.214. The third kappa shape index (κ3) is 4.99. The molecule has 7 nitrogen and oxygen atoms in total. The van der Waals surface area contributed by atoms with Gasteiger partial charge < -0.3 is 24.5 Å². The molecular weight excluding hydrogens is 471 g/mol. The van der Waals surface area contributed by atoms with E-state index in [0.29, 0.717) is 17.9 Å². The number of rotatable bonds is 9. The van der Waals surface area contributed by atoms with Gasteiger partial charge in [0.05, 0.1) is 5.60 Å². The summed E-state index contributed by atoms with van der Waals surface area (Å²) >= 11 is 0. The maximum Gasteiger partial charge on any atom is 0.253 e. The maximum atomic E-state index is 12.3. The van der Waals surface area contributed by atoms with Crippen molar-refractivity contribution in [2.45, 2.75) is 19.4 Å². The van der Waals surface area contributed by atoms with Crippen LogP contribution in [0.4, 0.5) is 28.4 Å². The van der Waals surface area contributed by atoms with Gasteiger partial charge >= 0.3 is 0 Å². The minimum absolute atomic E-state index is 0.297. The molecule has 8 heteroatoms. The normalized spacial score (nSPS) is 14.4. The molecule has 1 heterocycles. The third-order valence-electron chi connectivity index (χ3n) is 6.02. The zero-order chi connectivity index (χ0) is 25.1. The Morgan fingerprint density at radius 3 is 1.75 bits per heavy atom. The number of hydrogen-bond acceptors (Lipinski definition) is 7. The Labute approximate surface area is 212 Å². The molecule has 0 spiro atoms. The minimum atomic E-state index is -1.16. The van der Waals surface area contributed by atoms with Gasteiger partial charge in [-0.25, -0.2) is 0 Å². The van der Waals surface area contributed by atoms with E-state index in [0.717, 1.165) is 30.2 Å². The van der Waals surface area contributed by atoms with Crippen LogP contribution in [0, 0.1) is 0 Å². The second-order valence-corrected chi connectivity index (χ2v) is 10.9. The molecule has 0 aliphatic carbocycles. The molecule has 1 fully saturated rings. The zero-order valence-corrected chi connectivity index (χ0v) is 21.2. The first kappa shape index (κ1) is 24.0. The van der Waals surface area contributed by atoms with Crippen LogP contribution in [0.15, 0.2) is 101 Å². The molecular formula is C28H29N4O3P. The predicted octanol–water partition coefficient (Wildman–Crippen LogP) is 5.49. The molecule has 1 aliphatic rings. The van der Waals surface area contributed by atoms with Crippen LogP contribution in [0.2, 0.25) is 0 Å². The largest absolute Gasteiger partial charge is 0.377 e. The Bertz CT molecular complexity index is 1330. The summed E-state index contributed by atoms with van der Waals surface area (Å²) in [5, 5.41) is 6.26. The summed E-state index contributed by atoms with van der Waals surface area (Å²) in [6.07, 6.45) is 0. The van der Waals surface area contributed by atoms with Crippen molar-refractivity contribution >= 4 is 36.9 Å². The highest BCUT2D eigenvalue weighted by Crippen LogP contribution is 2.55. The Balaban J connectivity index is 1.34. The standard InChI is InChI=1S/C28H29N4O3P/c1-28(2,20-29-24-25(27(34)26(24)33)30-21-12-6-3-7-13-21)35-36-31(22-14-8-4-9-15-22)18-19-32(36)23-16-10-5-11-17-23/h3-17,29-30H,18-20H2,1-2H3. The first-order valence-electron chi connectivity index (χ1n) is 12.0. The number of para-hydroxylation sites is 3. The molecule has 0 unspecified atom stereocenters. The average molecular weight is 501 g/mol. The Hall–Kier alpha value is -3.67. The van der Waals surface area contributed by atoms with Crippen LogP contribution in [0.1, 0.15) is 13.8 Å². The lowest BCUT2D eigenvalue weighted by Gasteiger charge is -2.37. The summed E-state index contributed by atoms with van der Waals surface area (Å²) in [4.78, 5) is 24.6. The molecule has 0 bridgehead atoms. The van der Waals surface area contributed by atoms with Gasteiger partial charge in [-0.1, -0.05) is 54.6 Å². The molecule has 0 saturated carbocycles. The topological polar surface area (TPSA) is 73.9 Å². The maximum absolute atomic E-state index is 12.3. The average Bonchev–Trinajstić information content (AvgIpc) is 3.32. The third-order valence-corrected chi connectivity index (χ3v) is 8.36. The van der Waals surface area contributed by atoms with Crippen LogP contribution >= 0.6 is 8.45 Å². The number of anilines is 5. The highest BCUT2D eigenvalue weighted by Gasteiger charge is 2.39. The van der Waals surface area contributed by atoms with Gasteiger partial charge in [-0.2, -0.15) is 0 Å². The van der Waals surface area contributed by atoms with Gasteiger partial charge in [0.1, 0.15) is 11.4 Å². The van der Waals surface area contributed by atoms with Gasteiger partial charge in [0.15, 0.2) is 0 Å². The predicted molar refractivity (Wildman–Crippen MR) is 149 cm³/mol. The fourth-order valence-electron chi connectivity index (χ4n) is 4.15. The van der Waals surface area contributed by atoms with Crippen molar-refractivity contribution in [3.05, 3.63) is 111 Å². The smallest absolute Gasteiger partial charge is 0.253 e. The summed E-state index contributed by atoms with van der Waals surface area (Å²) in [6.45, 7) is 6.06. The summed E-state index contributed by atoms with van der Waals surface area (Å²) in [5.74, 6) is 0. The molecule has 2 N–H and O–H groups in total. The number of hydrogen-bond donors (Lipinski definition) is 2. The van der Waals surface area contributed by atoms with Gasteiger partial charge in [0.25, 0.3) is 10.9 Å². The van der Waals surface area contributed by atoms with Crippen molar-refractivity contribution in [3.63, 3.8) is 0 Å². The van der Waals surface area contributed by atoms with Crippen LogP contribution in [0.5, 0.6) is 0 Å². The highest BCUT2D eigenvalue weighted by atomic mass is 31.2. The Morgan fingerprint density at radius 1 is 0.750 bits per heavy atom. The Kier molecular flexibility index (Phi) is 6.77. The SMILES string of the molecule is CC(C)(CNc1c(Nc2ccccc2)c(=O)c1=O)OP1N(c2ccccc2)CCN1c1ccccc1. The van der Waals surface area contributed by atoms with Gasteiger partial charge in [-0.15, -0.1) is 0 Å². The van der Waals surface area contributed by atoms with E-state index in [9.17, 15) is 9.59 Å². The molecule has 0 aromatic heterocycles. The van der Waals surface area contributed by atoms with Crippen molar-refractivity contribution < 1.29 is 4.52 Å². The van der Waals surface area contributed by atoms with E-state index in [4.69, 9.17) is 4.52 Å². The van der Waals surface area contributed by atoms with E-state index in [1.54, 1.807) is 0 Å². The van der Waals surface area contributed by atoms with Crippen molar-refractivity contribution in [1.82, 2.24) is 0 Å². The van der Waals surface area contributed by atoms with E-state index in [-0.39, 0.29) is 0 Å². The second-order valence-electron chi connectivity index (χ2n) is 9.27. The first-order chi connectivity index (χ1) is 17.4. The number of benzene rings is 3. The molecule has 4 aromatic carbocycles. The lowest BCUT2D eigenvalue weighted by molar-refractivity contribution is 0.142. The van der Waals surface area contributed by atoms with Gasteiger partial charge in [-0.3, -0.25) is 9.59 Å². The van der Waals surface area contributed by atoms with E-state index in [1.807, 2.05) is 80.6 Å². The zero-order valence-electron chi connectivity index (χ0n) is 20.3. The van der Waals surface area contributed by atoms with Crippen LogP contribution in [0.3, 0.4) is 0 Å². The van der Waals surface area contributed by atoms with E-state index < -0.39 is 24.9 Å². The Morgan fingerprint density at radius 2 is 1.22 bits per heavy atom. The number of nitrogens with zero attached hydrogens (tertiary/aromatic N) is 2. The van der Waals surface area contributed by atoms with Crippen LogP contribution in [-0.2, 0) is 4.52 Å². The minimum Gasteiger partial charge on any atom is -0.377 e. The van der Waals surface area contributed by atoms with Crippen LogP contribution < -0.4 is 30.8 Å². The quantitative estimate of drug-likeness (QED) is 0.233. The van der Waals surface area contributed by atoms with Gasteiger partial charge in [0.2, 0.25) is 8.45 Å². The molecule has 36 heavy (non-hydrogen) atoms. The van der Waals surface area contributed by atoms with Gasteiger partial charge in [0, 0.05) is 36.7 Å². The fourth-order valence-corrected chi connectivity index (χ4v) is 6.29. The summed E-state index contributed by atoms with van der Waals surface area (Å²) in [7, 11) is -1.16.